The van der Waals surface area contributed by atoms with Crippen LogP contribution >= 0.6 is 7.82 Å². The Labute approximate surface area is 346 Å². The molecule has 9 nitrogen and oxygen atoms in total. The van der Waals surface area contributed by atoms with Gasteiger partial charge in [0.15, 0.2) is 6.10 Å². The third-order valence-corrected chi connectivity index (χ3v) is 11.3. The summed E-state index contributed by atoms with van der Waals surface area (Å²) >= 11 is 0. The summed E-state index contributed by atoms with van der Waals surface area (Å²) in [7, 11) is 1.48. The minimum atomic E-state index is -4.37. The van der Waals surface area contributed by atoms with E-state index in [1.54, 1.807) is 0 Å². The molecule has 0 aliphatic heterocycles. The van der Waals surface area contributed by atoms with Crippen molar-refractivity contribution in [3.05, 3.63) is 12.2 Å². The molecule has 0 heterocycles. The maximum absolute atomic E-state index is 12.7. The molecule has 2 atom stereocenters. The Morgan fingerprint density at radius 2 is 0.929 bits per heavy atom. The van der Waals surface area contributed by atoms with Gasteiger partial charge in [0.25, 0.3) is 0 Å². The van der Waals surface area contributed by atoms with Crippen molar-refractivity contribution in [2.75, 3.05) is 47.5 Å². The second kappa shape index (κ2) is 39.2. The van der Waals surface area contributed by atoms with Crippen molar-refractivity contribution in [2.45, 2.75) is 225 Å². The third-order valence-electron chi connectivity index (χ3n) is 10.3. The van der Waals surface area contributed by atoms with Gasteiger partial charge < -0.3 is 18.9 Å². The Morgan fingerprint density at radius 3 is 1.38 bits per heavy atom. The lowest BCUT2D eigenvalue weighted by Crippen LogP contribution is -2.37. The van der Waals surface area contributed by atoms with Gasteiger partial charge in [0.05, 0.1) is 27.7 Å². The van der Waals surface area contributed by atoms with E-state index in [0.29, 0.717) is 17.4 Å². The Hall–Kier alpha value is -1.25. The van der Waals surface area contributed by atoms with Gasteiger partial charge in [-0.2, -0.15) is 0 Å². The zero-order valence-corrected chi connectivity index (χ0v) is 38.3. The highest BCUT2D eigenvalue weighted by Gasteiger charge is 2.27. The van der Waals surface area contributed by atoms with Crippen molar-refractivity contribution in [1.82, 2.24) is 0 Å². The molecular weight excluding hydrogens is 725 g/mol. The summed E-state index contributed by atoms with van der Waals surface area (Å²) in [6.07, 6.45) is 41.2. The maximum atomic E-state index is 12.7. The molecule has 0 saturated carbocycles. The quantitative estimate of drug-likeness (QED) is 0.0213. The summed E-state index contributed by atoms with van der Waals surface area (Å²) in [5.74, 6) is -0.799. The Kier molecular flexibility index (Phi) is 38.3. The number of allylic oxidation sites excluding steroid dienone is 2. The molecule has 0 aliphatic carbocycles. The number of rotatable bonds is 43. The zero-order valence-electron chi connectivity index (χ0n) is 37.4. The van der Waals surface area contributed by atoms with Gasteiger partial charge in [-0.1, -0.05) is 187 Å². The molecule has 332 valence electrons. The first-order valence-corrected chi connectivity index (χ1v) is 24.9. The predicted molar refractivity (Wildman–Crippen MR) is 234 cm³/mol. The van der Waals surface area contributed by atoms with Gasteiger partial charge in [-0.25, -0.2) is 4.57 Å². The molecule has 0 bridgehead atoms. The Balaban J connectivity index is 4.21. The van der Waals surface area contributed by atoms with E-state index in [4.69, 9.17) is 18.5 Å². The zero-order chi connectivity index (χ0) is 41.4. The second-order valence-electron chi connectivity index (χ2n) is 17.1. The van der Waals surface area contributed by atoms with Crippen LogP contribution in [0.3, 0.4) is 0 Å². The highest BCUT2D eigenvalue weighted by Crippen LogP contribution is 2.43. The highest BCUT2D eigenvalue weighted by atomic mass is 31.2. The molecule has 1 unspecified atom stereocenters. The van der Waals surface area contributed by atoms with E-state index in [9.17, 15) is 19.0 Å². The summed E-state index contributed by atoms with van der Waals surface area (Å²) in [6.45, 7) is 4.40. The van der Waals surface area contributed by atoms with Gasteiger partial charge in [0.2, 0.25) is 0 Å². The maximum Gasteiger partial charge on any atom is 0.472 e. The lowest BCUT2D eigenvalue weighted by atomic mass is 10.0. The van der Waals surface area contributed by atoms with Crippen LogP contribution < -0.4 is 0 Å². The van der Waals surface area contributed by atoms with Crippen LogP contribution in [-0.4, -0.2) is 74.9 Å². The van der Waals surface area contributed by atoms with Crippen LogP contribution in [0.15, 0.2) is 12.2 Å². The van der Waals surface area contributed by atoms with Crippen LogP contribution in [0.4, 0.5) is 0 Å². The van der Waals surface area contributed by atoms with Crippen molar-refractivity contribution in [3.8, 4) is 0 Å². The number of likely N-dealkylation sites (N-methyl/N-ethyl adjacent to an activating group) is 1. The number of phosphoric acid groups is 1. The van der Waals surface area contributed by atoms with Crippen molar-refractivity contribution < 1.29 is 42.1 Å². The van der Waals surface area contributed by atoms with Crippen LogP contribution in [-0.2, 0) is 32.7 Å². The number of carbonyl (C=O) groups is 2. The largest absolute Gasteiger partial charge is 0.472 e. The molecule has 10 heteroatoms. The van der Waals surface area contributed by atoms with E-state index in [1.807, 2.05) is 21.1 Å². The lowest BCUT2D eigenvalue weighted by Gasteiger charge is -2.24. The Morgan fingerprint density at radius 1 is 0.536 bits per heavy atom. The smallest absolute Gasteiger partial charge is 0.462 e. The molecule has 0 aromatic carbocycles. The number of ether oxygens (including phenoxy) is 2. The summed E-state index contributed by atoms with van der Waals surface area (Å²) in [5, 5.41) is 0. The van der Waals surface area contributed by atoms with Gasteiger partial charge >= 0.3 is 19.8 Å². The second-order valence-corrected chi connectivity index (χ2v) is 18.6. The minimum absolute atomic E-state index is 0.0336. The normalized spacial score (nSPS) is 13.6. The molecule has 0 spiro atoms. The molecule has 0 aromatic rings. The monoisotopic (exact) mass is 817 g/mol. The minimum Gasteiger partial charge on any atom is -0.462 e. The summed E-state index contributed by atoms with van der Waals surface area (Å²) in [4.78, 5) is 35.3. The fourth-order valence-electron chi connectivity index (χ4n) is 6.58. The molecule has 0 aromatic heterocycles. The predicted octanol–water partition coefficient (Wildman–Crippen LogP) is 13.4. The van der Waals surface area contributed by atoms with Crippen LogP contribution in [0.25, 0.3) is 0 Å². The number of carbonyl (C=O) groups excluding carboxylic acids is 2. The average molecular weight is 817 g/mol. The number of unbranched alkanes of at least 4 members (excludes halogenated alkanes) is 27. The van der Waals surface area contributed by atoms with Crippen molar-refractivity contribution >= 4 is 19.8 Å². The van der Waals surface area contributed by atoms with Crippen LogP contribution in [0.1, 0.15) is 219 Å². The highest BCUT2D eigenvalue weighted by molar-refractivity contribution is 7.47. The third kappa shape index (κ3) is 42.4. The topological polar surface area (TPSA) is 108 Å². The first-order chi connectivity index (χ1) is 27.0. The van der Waals surface area contributed by atoms with Gasteiger partial charge in [-0.05, 0) is 32.1 Å². The van der Waals surface area contributed by atoms with Crippen molar-refractivity contribution in [2.24, 2.45) is 0 Å². The number of phosphoric ester groups is 1. The van der Waals surface area contributed by atoms with Crippen LogP contribution in [0, 0.1) is 0 Å². The number of hydrogen-bond acceptors (Lipinski definition) is 7. The number of esters is 2. The fourth-order valence-corrected chi connectivity index (χ4v) is 7.33. The molecule has 0 saturated heterocycles. The molecule has 0 aliphatic rings. The lowest BCUT2D eigenvalue weighted by molar-refractivity contribution is -0.870. The first-order valence-electron chi connectivity index (χ1n) is 23.4. The van der Waals surface area contributed by atoms with E-state index in [-0.39, 0.29) is 32.0 Å². The SMILES string of the molecule is CCCC/C=C\CCCCCCCC(=O)OC[C@H](COP(=O)(O)OCC[N+](C)(C)C)OC(=O)CCCCCCCCCCCCCCCCCCCCCCC. The number of nitrogens with zero attached hydrogens (tertiary/aromatic N) is 1. The van der Waals surface area contributed by atoms with E-state index in [0.717, 1.165) is 57.8 Å². The molecular formula is C46H91NO8P+. The van der Waals surface area contributed by atoms with E-state index in [1.165, 1.54) is 128 Å². The molecule has 0 radical (unpaired) electrons. The van der Waals surface area contributed by atoms with E-state index >= 15 is 0 Å². The summed E-state index contributed by atoms with van der Waals surface area (Å²) in [5.41, 5.74) is 0. The van der Waals surface area contributed by atoms with Crippen molar-refractivity contribution in [1.29, 1.82) is 0 Å². The average Bonchev–Trinajstić information content (AvgIpc) is 3.15. The summed E-state index contributed by atoms with van der Waals surface area (Å²) in [6, 6.07) is 0. The molecule has 0 fully saturated rings. The Bertz CT molecular complexity index is 969. The van der Waals surface area contributed by atoms with Gasteiger partial charge in [0, 0.05) is 12.8 Å². The van der Waals surface area contributed by atoms with Crippen molar-refractivity contribution in [3.63, 3.8) is 0 Å². The molecule has 0 amide bonds. The van der Waals surface area contributed by atoms with Gasteiger partial charge in [0.1, 0.15) is 19.8 Å². The van der Waals surface area contributed by atoms with E-state index in [2.05, 4.69) is 26.0 Å². The molecule has 0 rings (SSSR count). The van der Waals surface area contributed by atoms with Gasteiger partial charge in [-0.15, -0.1) is 0 Å². The fraction of sp³-hybridized carbons (Fsp3) is 0.913. The first kappa shape index (κ1) is 54.8. The van der Waals surface area contributed by atoms with Gasteiger partial charge in [-0.3, -0.25) is 18.6 Å². The van der Waals surface area contributed by atoms with Crippen LogP contribution in [0.2, 0.25) is 0 Å². The molecule has 1 N–H and O–H groups in total. The number of hydrogen-bond donors (Lipinski definition) is 1. The molecule has 56 heavy (non-hydrogen) atoms. The van der Waals surface area contributed by atoms with Crippen LogP contribution in [0.5, 0.6) is 0 Å². The summed E-state index contributed by atoms with van der Waals surface area (Å²) < 4.78 is 34.3. The standard InChI is InChI=1S/C46H90NO8P/c1-6-8-10-12-14-16-18-19-20-21-22-23-24-25-26-27-29-31-33-35-37-39-46(49)55-44(43-54-56(50,51)53-41-40-47(3,4)5)42-52-45(48)38-36-34-32-30-28-17-15-13-11-9-7-2/h13,15,44H,6-12,14,16-43H2,1-5H3/p+1/b15-13-/t44-/m1/s1. The number of quaternary nitrogens is 1. The van der Waals surface area contributed by atoms with E-state index < -0.39 is 26.5 Å².